The number of rotatable bonds is 5. The van der Waals surface area contributed by atoms with E-state index in [0.717, 1.165) is 25.2 Å². The van der Waals surface area contributed by atoms with Crippen LogP contribution in [0.5, 0.6) is 0 Å². The number of cyclic esters (lactones) is 1. The minimum atomic E-state index is -0.766. The fraction of sp³-hybridized carbons (Fsp3) is 0.579. The minimum Gasteiger partial charge on any atom is -0.448 e. The second-order valence-corrected chi connectivity index (χ2v) is 7.15. The van der Waals surface area contributed by atoms with Crippen LogP contribution in [0.4, 0.5) is 0 Å². The number of esters is 1. The number of hydrogen-bond acceptors (Lipinski definition) is 5. The summed E-state index contributed by atoms with van der Waals surface area (Å²) in [6, 6.07) is 7.25. The van der Waals surface area contributed by atoms with Gasteiger partial charge in [0.25, 0.3) is 5.91 Å². The molecule has 0 saturated carbocycles. The van der Waals surface area contributed by atoms with Crippen LogP contribution in [0.2, 0.25) is 0 Å². The van der Waals surface area contributed by atoms with Crippen molar-refractivity contribution >= 4 is 11.9 Å². The molecule has 1 aromatic carbocycles. The molecule has 2 atom stereocenters. The van der Waals surface area contributed by atoms with Gasteiger partial charge in [0, 0.05) is 32.6 Å². The second kappa shape index (κ2) is 7.97. The lowest BCUT2D eigenvalue weighted by Crippen LogP contribution is -2.50. The quantitative estimate of drug-likeness (QED) is 0.813. The number of carbonyl (C=O) groups is 2. The van der Waals surface area contributed by atoms with Gasteiger partial charge < -0.3 is 14.8 Å². The van der Waals surface area contributed by atoms with Crippen molar-refractivity contribution in [1.82, 2.24) is 10.2 Å². The molecule has 6 nitrogen and oxygen atoms in total. The van der Waals surface area contributed by atoms with Crippen molar-refractivity contribution in [1.29, 1.82) is 0 Å². The first-order valence-electron chi connectivity index (χ1n) is 8.93. The Morgan fingerprint density at radius 2 is 2.16 bits per heavy atom. The molecule has 1 amide bonds. The van der Waals surface area contributed by atoms with Crippen LogP contribution in [0.3, 0.4) is 0 Å². The van der Waals surface area contributed by atoms with Crippen molar-refractivity contribution < 1.29 is 19.1 Å². The lowest BCUT2D eigenvalue weighted by Gasteiger charge is -2.34. The molecule has 0 radical (unpaired) electrons. The summed E-state index contributed by atoms with van der Waals surface area (Å²) in [5.74, 6) is -0.0819. The second-order valence-electron chi connectivity index (χ2n) is 7.15. The van der Waals surface area contributed by atoms with E-state index in [0.29, 0.717) is 31.1 Å². The number of nitrogens with one attached hydrogen (secondary N) is 1. The highest BCUT2D eigenvalue weighted by Gasteiger charge is 2.31. The fourth-order valence-electron chi connectivity index (χ4n) is 3.39. The minimum absolute atomic E-state index is 0.0250. The van der Waals surface area contributed by atoms with Gasteiger partial charge in [-0.2, -0.15) is 0 Å². The summed E-state index contributed by atoms with van der Waals surface area (Å²) in [6.45, 7) is 8.28. The molecule has 0 spiro atoms. The molecule has 0 aromatic heterocycles. The lowest BCUT2D eigenvalue weighted by molar-refractivity contribution is -0.131. The van der Waals surface area contributed by atoms with Gasteiger partial charge in [0.15, 0.2) is 6.10 Å². The molecule has 3 rings (SSSR count). The summed E-state index contributed by atoms with van der Waals surface area (Å²) >= 11 is 0. The third kappa shape index (κ3) is 4.58. The molecule has 0 bridgehead atoms. The van der Waals surface area contributed by atoms with E-state index in [4.69, 9.17) is 9.47 Å². The average Bonchev–Trinajstić information content (AvgIpc) is 2.59. The summed E-state index contributed by atoms with van der Waals surface area (Å²) < 4.78 is 11.0. The van der Waals surface area contributed by atoms with Crippen LogP contribution in [-0.4, -0.2) is 61.8 Å². The molecule has 1 N–H and O–H groups in total. The van der Waals surface area contributed by atoms with Gasteiger partial charge >= 0.3 is 5.97 Å². The number of amides is 1. The number of carbonyl (C=O) groups excluding carboxylic acids is 2. The van der Waals surface area contributed by atoms with Gasteiger partial charge in [-0.3, -0.25) is 9.69 Å². The van der Waals surface area contributed by atoms with Crippen LogP contribution in [0.15, 0.2) is 24.3 Å². The van der Waals surface area contributed by atoms with E-state index in [1.54, 1.807) is 12.1 Å². The molecular weight excluding hydrogens is 320 g/mol. The maximum absolute atomic E-state index is 12.4. The molecule has 2 unspecified atom stereocenters. The van der Waals surface area contributed by atoms with Gasteiger partial charge in [-0.25, -0.2) is 4.79 Å². The van der Waals surface area contributed by atoms with Crippen molar-refractivity contribution in [3.63, 3.8) is 0 Å². The highest BCUT2D eigenvalue weighted by molar-refractivity contribution is 5.95. The Bertz CT molecular complexity index is 632. The summed E-state index contributed by atoms with van der Waals surface area (Å²) in [5, 5.41) is 2.88. The molecule has 6 heteroatoms. The summed E-state index contributed by atoms with van der Waals surface area (Å²) in [4.78, 5) is 26.8. The molecule has 2 heterocycles. The first kappa shape index (κ1) is 17.9. The van der Waals surface area contributed by atoms with Gasteiger partial charge in [-0.1, -0.05) is 32.0 Å². The zero-order valence-electron chi connectivity index (χ0n) is 14.9. The Balaban J connectivity index is 1.51. The third-order valence-electron chi connectivity index (χ3n) is 4.53. The van der Waals surface area contributed by atoms with Crippen LogP contribution in [0, 0.1) is 5.92 Å². The zero-order chi connectivity index (χ0) is 17.8. The Morgan fingerprint density at radius 3 is 2.96 bits per heavy atom. The van der Waals surface area contributed by atoms with Crippen LogP contribution in [0.25, 0.3) is 0 Å². The number of ether oxygens (including phenoxy) is 2. The summed E-state index contributed by atoms with van der Waals surface area (Å²) in [7, 11) is 0. The van der Waals surface area contributed by atoms with E-state index in [1.165, 1.54) is 0 Å². The van der Waals surface area contributed by atoms with Gasteiger partial charge in [-0.05, 0) is 17.5 Å². The smallest absolute Gasteiger partial charge is 0.339 e. The lowest BCUT2D eigenvalue weighted by atomic mass is 9.98. The van der Waals surface area contributed by atoms with E-state index >= 15 is 0 Å². The summed E-state index contributed by atoms with van der Waals surface area (Å²) in [5.41, 5.74) is 1.41. The molecule has 0 aliphatic carbocycles. The van der Waals surface area contributed by atoms with Gasteiger partial charge in [0.1, 0.15) is 0 Å². The van der Waals surface area contributed by atoms with E-state index in [1.807, 2.05) is 12.1 Å². The first-order chi connectivity index (χ1) is 12.0. The Kier molecular flexibility index (Phi) is 5.71. The van der Waals surface area contributed by atoms with E-state index in [2.05, 4.69) is 24.1 Å². The van der Waals surface area contributed by atoms with Crippen molar-refractivity contribution in [3.8, 4) is 0 Å². The predicted octanol–water partition coefficient (Wildman–Crippen LogP) is 1.24. The van der Waals surface area contributed by atoms with E-state index < -0.39 is 12.1 Å². The number of nitrogens with zero attached hydrogens (tertiary/aromatic N) is 1. The molecule has 1 fully saturated rings. The fourth-order valence-corrected chi connectivity index (χ4v) is 3.39. The molecule has 2 aliphatic heterocycles. The van der Waals surface area contributed by atoms with Crippen molar-refractivity contribution in [2.75, 3.05) is 32.8 Å². The molecule has 1 aromatic rings. The Hall–Kier alpha value is -1.92. The molecule has 25 heavy (non-hydrogen) atoms. The largest absolute Gasteiger partial charge is 0.448 e. The van der Waals surface area contributed by atoms with Crippen molar-refractivity contribution in [3.05, 3.63) is 35.4 Å². The van der Waals surface area contributed by atoms with Gasteiger partial charge in [-0.15, -0.1) is 0 Å². The molecule has 2 aliphatic rings. The monoisotopic (exact) mass is 346 g/mol. The van der Waals surface area contributed by atoms with Crippen LogP contribution < -0.4 is 5.32 Å². The summed E-state index contributed by atoms with van der Waals surface area (Å²) in [6.07, 6.45) is -0.376. The third-order valence-corrected chi connectivity index (χ3v) is 4.53. The normalized spacial score (nSPS) is 23.9. The number of benzene rings is 1. The van der Waals surface area contributed by atoms with Crippen molar-refractivity contribution in [2.24, 2.45) is 5.92 Å². The standard InChI is InChI=1S/C19H26N2O4/c1-13(2)11-21-7-8-24-15(12-21)10-20-18(22)17-9-14-5-3-4-6-16(14)19(23)25-17/h3-6,13,15,17H,7-12H2,1-2H3,(H,20,22). The molecule has 1 saturated heterocycles. The highest BCUT2D eigenvalue weighted by Crippen LogP contribution is 2.20. The number of hydrogen-bond donors (Lipinski definition) is 1. The van der Waals surface area contributed by atoms with Gasteiger partial charge in [0.05, 0.1) is 18.3 Å². The van der Waals surface area contributed by atoms with Crippen LogP contribution in [-0.2, 0) is 20.7 Å². The topological polar surface area (TPSA) is 67.9 Å². The highest BCUT2D eigenvalue weighted by atomic mass is 16.5. The maximum Gasteiger partial charge on any atom is 0.339 e. The van der Waals surface area contributed by atoms with Crippen molar-refractivity contribution in [2.45, 2.75) is 32.5 Å². The molecular formula is C19H26N2O4. The van der Waals surface area contributed by atoms with E-state index in [9.17, 15) is 9.59 Å². The van der Waals surface area contributed by atoms with Crippen LogP contribution in [0.1, 0.15) is 29.8 Å². The van der Waals surface area contributed by atoms with Gasteiger partial charge in [0.2, 0.25) is 0 Å². The average molecular weight is 346 g/mol. The zero-order valence-corrected chi connectivity index (χ0v) is 14.9. The first-order valence-corrected chi connectivity index (χ1v) is 8.93. The van der Waals surface area contributed by atoms with E-state index in [-0.39, 0.29) is 12.0 Å². The Morgan fingerprint density at radius 1 is 1.36 bits per heavy atom. The van der Waals surface area contributed by atoms with Crippen LogP contribution >= 0.6 is 0 Å². The number of fused-ring (bicyclic) bond motifs is 1. The predicted molar refractivity (Wildman–Crippen MR) is 93.4 cm³/mol. The number of morpholine rings is 1. The maximum atomic E-state index is 12.4. The molecule has 136 valence electrons. The SMILES string of the molecule is CC(C)CN1CCOC(CNC(=O)C2Cc3ccccc3C(=O)O2)C1. The Labute approximate surface area is 148 Å².